The molecule has 0 amide bonds. The number of nitrogens with zero attached hydrogens (tertiary/aromatic N) is 1. The van der Waals surface area contributed by atoms with E-state index in [1.807, 2.05) is 0 Å². The van der Waals surface area contributed by atoms with Crippen molar-refractivity contribution in [2.24, 2.45) is 0 Å². The van der Waals surface area contributed by atoms with Crippen molar-refractivity contribution in [1.29, 1.82) is 0 Å². The maximum absolute atomic E-state index is 12.7. The molecule has 0 fully saturated rings. The summed E-state index contributed by atoms with van der Waals surface area (Å²) in [4.78, 5) is 12.7. The highest BCUT2D eigenvalue weighted by Gasteiger charge is 2.21. The molecule has 0 N–H and O–H groups in total. The van der Waals surface area contributed by atoms with Crippen molar-refractivity contribution in [2.75, 3.05) is 22.4 Å². The second-order valence-corrected chi connectivity index (χ2v) is 10.8. The van der Waals surface area contributed by atoms with Crippen LogP contribution in [0.2, 0.25) is 10.0 Å². The number of anilines is 1. The molecular formula is C17H16BrCl2NO5S2. The van der Waals surface area contributed by atoms with E-state index in [4.69, 9.17) is 23.2 Å². The highest BCUT2D eigenvalue weighted by Crippen LogP contribution is 2.33. The van der Waals surface area contributed by atoms with Gasteiger partial charge in [-0.25, -0.2) is 16.8 Å². The Labute approximate surface area is 183 Å². The van der Waals surface area contributed by atoms with Gasteiger partial charge in [-0.15, -0.1) is 0 Å². The number of sulfone groups is 1. The summed E-state index contributed by atoms with van der Waals surface area (Å²) in [5.41, 5.74) is 0.705. The number of carbonyl (C=O) groups is 1. The summed E-state index contributed by atoms with van der Waals surface area (Å²) in [6.07, 6.45) is 0. The maximum atomic E-state index is 12.7. The second-order valence-electron chi connectivity index (χ2n) is 5.72. The Morgan fingerprint density at radius 3 is 2.29 bits per heavy atom. The molecule has 0 saturated carbocycles. The fourth-order valence-electron chi connectivity index (χ4n) is 2.32. The zero-order valence-corrected chi connectivity index (χ0v) is 19.4. The van der Waals surface area contributed by atoms with E-state index in [0.29, 0.717) is 15.1 Å². The van der Waals surface area contributed by atoms with Gasteiger partial charge in [0.05, 0.1) is 16.5 Å². The molecule has 2 aromatic carbocycles. The van der Waals surface area contributed by atoms with E-state index in [-0.39, 0.29) is 40.1 Å². The standard InChI is InChI=1S/C17H16BrCl2NO5S2/c1-2-28(25,26)8-7-21(27(23)24)16-10-14(18)13(9-15(16)20)17(22)11-3-5-12(19)6-4-11/h3-6,9-10,27H,2,7-8H2,1H3. The number of halogens is 3. The fraction of sp³-hybridized carbons (Fsp3) is 0.235. The molecule has 0 aliphatic rings. The third-order valence-electron chi connectivity index (χ3n) is 3.92. The SMILES string of the molecule is CCS(=O)(=O)CCN(c1cc(Br)c(C(=O)c2ccc(Cl)cc2)cc1Cl)[SH](=O)=O. The lowest BCUT2D eigenvalue weighted by molar-refractivity contribution is 0.103. The molecule has 152 valence electrons. The molecule has 0 saturated heterocycles. The van der Waals surface area contributed by atoms with Crippen LogP contribution in [0, 0.1) is 0 Å². The number of hydrogen-bond acceptors (Lipinski definition) is 5. The van der Waals surface area contributed by atoms with Crippen molar-refractivity contribution < 1.29 is 21.6 Å². The lowest BCUT2D eigenvalue weighted by atomic mass is 10.0. The van der Waals surface area contributed by atoms with Crippen molar-refractivity contribution >= 4 is 71.3 Å². The van der Waals surface area contributed by atoms with E-state index < -0.39 is 20.7 Å². The van der Waals surface area contributed by atoms with Gasteiger partial charge in [-0.2, -0.15) is 0 Å². The average Bonchev–Trinajstić information content (AvgIpc) is 2.64. The molecular weight excluding hydrogens is 513 g/mol. The average molecular weight is 529 g/mol. The summed E-state index contributed by atoms with van der Waals surface area (Å²) in [5, 5.41) is 0.495. The van der Waals surface area contributed by atoms with E-state index in [2.05, 4.69) is 15.9 Å². The molecule has 2 aromatic rings. The Morgan fingerprint density at radius 1 is 1.14 bits per heavy atom. The molecule has 0 heterocycles. The molecule has 2 rings (SSSR count). The predicted molar refractivity (Wildman–Crippen MR) is 116 cm³/mol. The summed E-state index contributed by atoms with van der Waals surface area (Å²) in [5.74, 6) is -0.766. The topological polar surface area (TPSA) is 88.6 Å². The molecule has 0 bridgehead atoms. The lowest BCUT2D eigenvalue weighted by Gasteiger charge is -2.20. The van der Waals surface area contributed by atoms with E-state index in [0.717, 1.165) is 4.31 Å². The van der Waals surface area contributed by atoms with E-state index in [9.17, 15) is 21.6 Å². The van der Waals surface area contributed by atoms with Gasteiger partial charge in [0.2, 0.25) is 10.9 Å². The van der Waals surface area contributed by atoms with Crippen LogP contribution in [0.5, 0.6) is 0 Å². The largest absolute Gasteiger partial charge is 0.289 e. The van der Waals surface area contributed by atoms with Crippen LogP contribution in [0.25, 0.3) is 0 Å². The number of rotatable bonds is 8. The lowest BCUT2D eigenvalue weighted by Crippen LogP contribution is -2.29. The Morgan fingerprint density at radius 2 is 1.75 bits per heavy atom. The van der Waals surface area contributed by atoms with Gasteiger partial charge in [0.1, 0.15) is 0 Å². The van der Waals surface area contributed by atoms with Gasteiger partial charge < -0.3 is 0 Å². The van der Waals surface area contributed by atoms with E-state index in [1.54, 1.807) is 24.3 Å². The minimum absolute atomic E-state index is 0.00797. The van der Waals surface area contributed by atoms with Gasteiger partial charge in [0.25, 0.3) is 0 Å². The van der Waals surface area contributed by atoms with E-state index >= 15 is 0 Å². The van der Waals surface area contributed by atoms with Gasteiger partial charge >= 0.3 is 0 Å². The first-order chi connectivity index (χ1) is 13.1. The molecule has 28 heavy (non-hydrogen) atoms. The number of thiol groups is 1. The normalized spacial score (nSPS) is 11.6. The first-order valence-electron chi connectivity index (χ1n) is 7.97. The monoisotopic (exact) mass is 527 g/mol. The van der Waals surface area contributed by atoms with Crippen LogP contribution in [0.15, 0.2) is 40.9 Å². The first-order valence-corrected chi connectivity index (χ1v) is 12.5. The van der Waals surface area contributed by atoms with Crippen LogP contribution in [-0.2, 0) is 20.7 Å². The van der Waals surface area contributed by atoms with Gasteiger partial charge in [-0.1, -0.05) is 30.1 Å². The van der Waals surface area contributed by atoms with Crippen LogP contribution in [-0.4, -0.2) is 40.7 Å². The summed E-state index contributed by atoms with van der Waals surface area (Å²) in [6.45, 7) is 1.21. The molecule has 0 radical (unpaired) electrons. The molecule has 0 aliphatic heterocycles. The Bertz CT molecular complexity index is 1060. The van der Waals surface area contributed by atoms with Crippen molar-refractivity contribution in [2.45, 2.75) is 6.92 Å². The van der Waals surface area contributed by atoms with Crippen LogP contribution >= 0.6 is 39.1 Å². The molecule has 0 aromatic heterocycles. The Hall–Kier alpha value is -1.13. The third-order valence-corrected chi connectivity index (χ3v) is 7.62. The number of hydrogen-bond donors (Lipinski definition) is 1. The molecule has 0 atom stereocenters. The van der Waals surface area contributed by atoms with Crippen molar-refractivity contribution in [3.63, 3.8) is 0 Å². The zero-order valence-electron chi connectivity index (χ0n) is 14.6. The Kier molecular flexibility index (Phi) is 7.92. The van der Waals surface area contributed by atoms with Gasteiger partial charge in [0.15, 0.2) is 15.6 Å². The number of benzene rings is 2. The smallest absolute Gasteiger partial charge is 0.225 e. The van der Waals surface area contributed by atoms with Crippen molar-refractivity contribution in [3.8, 4) is 0 Å². The summed E-state index contributed by atoms with van der Waals surface area (Å²) < 4.78 is 47.9. The van der Waals surface area contributed by atoms with Crippen molar-refractivity contribution in [1.82, 2.24) is 0 Å². The first kappa shape index (κ1) is 23.2. The second kappa shape index (κ2) is 9.58. The highest BCUT2D eigenvalue weighted by molar-refractivity contribution is 9.10. The minimum Gasteiger partial charge on any atom is -0.289 e. The molecule has 0 spiro atoms. The molecule has 6 nitrogen and oxygen atoms in total. The number of carbonyl (C=O) groups excluding carboxylic acids is 1. The third kappa shape index (κ3) is 5.70. The van der Waals surface area contributed by atoms with Crippen LogP contribution in [0.3, 0.4) is 0 Å². The zero-order chi connectivity index (χ0) is 21.1. The molecule has 11 heteroatoms. The maximum Gasteiger partial charge on any atom is 0.225 e. The van der Waals surface area contributed by atoms with Crippen LogP contribution < -0.4 is 4.31 Å². The van der Waals surface area contributed by atoms with Gasteiger partial charge in [-0.3, -0.25) is 9.10 Å². The summed E-state index contributed by atoms with van der Waals surface area (Å²) in [6, 6.07) is 9.02. The van der Waals surface area contributed by atoms with Gasteiger partial charge in [-0.05, 0) is 52.3 Å². The summed E-state index contributed by atoms with van der Waals surface area (Å²) in [7, 11) is -6.50. The van der Waals surface area contributed by atoms with Crippen LogP contribution in [0.4, 0.5) is 5.69 Å². The predicted octanol–water partition coefficient (Wildman–Crippen LogP) is 3.75. The van der Waals surface area contributed by atoms with E-state index in [1.165, 1.54) is 19.1 Å². The van der Waals surface area contributed by atoms with Crippen LogP contribution in [0.1, 0.15) is 22.8 Å². The number of ketones is 1. The summed E-state index contributed by atoms with van der Waals surface area (Å²) >= 11 is 15.3. The van der Waals surface area contributed by atoms with Crippen molar-refractivity contribution in [3.05, 3.63) is 62.0 Å². The quantitative estimate of drug-likeness (QED) is 0.416. The minimum atomic E-state index is -3.37. The fourth-order valence-corrected chi connectivity index (χ4v) is 4.78. The molecule has 0 aliphatic carbocycles. The van der Waals surface area contributed by atoms with Gasteiger partial charge in [0, 0.05) is 32.9 Å². The highest BCUT2D eigenvalue weighted by atomic mass is 79.9. The Balaban J connectivity index is 2.40. The molecule has 0 unspecified atom stereocenters.